The molecule has 0 bridgehead atoms. The van der Waals surface area contributed by atoms with Crippen LogP contribution in [-0.2, 0) is 6.42 Å². The lowest BCUT2D eigenvalue weighted by Crippen LogP contribution is -2.35. The molecule has 0 spiro atoms. The molecule has 4 N–H and O–H groups in total. The fourth-order valence-electron chi connectivity index (χ4n) is 4.32. The van der Waals surface area contributed by atoms with Crippen molar-refractivity contribution in [2.24, 2.45) is 0 Å². The van der Waals surface area contributed by atoms with Crippen LogP contribution in [0.5, 0.6) is 0 Å². The van der Waals surface area contributed by atoms with Gasteiger partial charge in [0.1, 0.15) is 0 Å². The standard InChI is InChI=1S/C24H24N4O2/c29-22-8-4-7-20(26-22)24-27-18-11-9-15(14-21(18)28-24)13-17-10-12-19(25-17)23(30)16-5-2-1-3-6-16/h1-9,11,14,17,19,23,25,30H,10,12-13H2,(H,26,29)(H,27,28)/t17-,19+,23+/m0/s1. The van der Waals surface area contributed by atoms with E-state index in [1.54, 1.807) is 6.07 Å². The van der Waals surface area contributed by atoms with Crippen molar-refractivity contribution in [2.75, 3.05) is 0 Å². The number of hydrogen-bond acceptors (Lipinski definition) is 4. The summed E-state index contributed by atoms with van der Waals surface area (Å²) in [5, 5.41) is 14.3. The molecule has 6 heteroatoms. The predicted molar refractivity (Wildman–Crippen MR) is 117 cm³/mol. The summed E-state index contributed by atoms with van der Waals surface area (Å²) in [6, 6.07) is 21.5. The molecule has 2 aromatic heterocycles. The van der Waals surface area contributed by atoms with E-state index in [2.05, 4.69) is 32.4 Å². The van der Waals surface area contributed by atoms with Crippen LogP contribution in [0, 0.1) is 0 Å². The van der Waals surface area contributed by atoms with Crippen molar-refractivity contribution in [2.45, 2.75) is 37.5 Å². The minimum Gasteiger partial charge on any atom is -0.387 e. The normalized spacial score (nSPS) is 19.9. The highest BCUT2D eigenvalue weighted by Gasteiger charge is 2.29. The molecular weight excluding hydrogens is 376 g/mol. The van der Waals surface area contributed by atoms with Gasteiger partial charge in [-0.1, -0.05) is 42.5 Å². The first-order chi connectivity index (χ1) is 14.7. The molecule has 1 aliphatic rings. The number of rotatable bonds is 5. The van der Waals surface area contributed by atoms with Crippen LogP contribution in [0.4, 0.5) is 0 Å². The summed E-state index contributed by atoms with van der Waals surface area (Å²) < 4.78 is 0. The lowest BCUT2D eigenvalue weighted by molar-refractivity contribution is 0.135. The molecule has 0 saturated carbocycles. The maximum atomic E-state index is 11.6. The third-order valence-electron chi connectivity index (χ3n) is 5.85. The minimum absolute atomic E-state index is 0.0785. The molecule has 0 unspecified atom stereocenters. The summed E-state index contributed by atoms with van der Waals surface area (Å²) in [4.78, 5) is 22.3. The quantitative estimate of drug-likeness (QED) is 0.413. The molecule has 30 heavy (non-hydrogen) atoms. The Morgan fingerprint density at radius 2 is 1.87 bits per heavy atom. The molecule has 3 heterocycles. The van der Waals surface area contributed by atoms with E-state index < -0.39 is 6.10 Å². The zero-order valence-corrected chi connectivity index (χ0v) is 16.5. The van der Waals surface area contributed by atoms with Gasteiger partial charge < -0.3 is 20.4 Å². The number of aliphatic hydroxyl groups is 1. The molecule has 152 valence electrons. The van der Waals surface area contributed by atoms with Gasteiger partial charge >= 0.3 is 0 Å². The number of imidazole rings is 1. The zero-order valence-electron chi connectivity index (χ0n) is 16.5. The molecule has 6 nitrogen and oxygen atoms in total. The topological polar surface area (TPSA) is 93.8 Å². The molecular formula is C24H24N4O2. The summed E-state index contributed by atoms with van der Waals surface area (Å²) in [6.45, 7) is 0. The Morgan fingerprint density at radius 3 is 2.70 bits per heavy atom. The third kappa shape index (κ3) is 3.79. The van der Waals surface area contributed by atoms with E-state index in [9.17, 15) is 9.90 Å². The highest BCUT2D eigenvalue weighted by atomic mass is 16.3. The number of aromatic nitrogens is 3. The molecule has 5 rings (SSSR count). The first-order valence-corrected chi connectivity index (χ1v) is 10.3. The SMILES string of the molecule is O=c1cccc(-c2nc3ccc(C[C@@H]4CC[C@H]([C@H](O)c5ccccc5)N4)cc3[nH]2)[nH]1. The van der Waals surface area contributed by atoms with Crippen LogP contribution in [0.15, 0.2) is 71.5 Å². The van der Waals surface area contributed by atoms with Crippen LogP contribution in [0.3, 0.4) is 0 Å². The van der Waals surface area contributed by atoms with Crippen LogP contribution >= 0.6 is 0 Å². The van der Waals surface area contributed by atoms with Crippen LogP contribution in [0.2, 0.25) is 0 Å². The average molecular weight is 400 g/mol. The molecule has 3 atom stereocenters. The van der Waals surface area contributed by atoms with Crippen molar-refractivity contribution in [1.29, 1.82) is 0 Å². The Morgan fingerprint density at radius 1 is 1.00 bits per heavy atom. The number of pyridine rings is 1. The second-order valence-electron chi connectivity index (χ2n) is 7.97. The number of aromatic amines is 2. The van der Waals surface area contributed by atoms with Gasteiger partial charge in [-0.3, -0.25) is 4.79 Å². The van der Waals surface area contributed by atoms with Crippen molar-refractivity contribution in [3.8, 4) is 11.5 Å². The number of H-pyrrole nitrogens is 2. The van der Waals surface area contributed by atoms with Gasteiger partial charge in [0.2, 0.25) is 5.56 Å². The summed E-state index contributed by atoms with van der Waals surface area (Å²) in [6.07, 6.45) is 2.40. The average Bonchev–Trinajstić information content (AvgIpc) is 3.41. The van der Waals surface area contributed by atoms with Gasteiger partial charge in [0.05, 0.1) is 22.8 Å². The van der Waals surface area contributed by atoms with Gasteiger partial charge in [-0.05, 0) is 48.6 Å². The lowest BCUT2D eigenvalue weighted by atomic mass is 10.0. The Bertz CT molecular complexity index is 1210. The number of fused-ring (bicyclic) bond motifs is 1. The second kappa shape index (κ2) is 7.89. The molecule has 1 fully saturated rings. The molecule has 0 amide bonds. The highest BCUT2D eigenvalue weighted by molar-refractivity contribution is 5.79. The summed E-state index contributed by atoms with van der Waals surface area (Å²) in [5.41, 5.74) is 4.53. The third-order valence-corrected chi connectivity index (χ3v) is 5.85. The van der Waals surface area contributed by atoms with Crippen LogP contribution in [0.25, 0.3) is 22.6 Å². The molecule has 2 aromatic carbocycles. The Kier molecular flexibility index (Phi) is 4.94. The maximum absolute atomic E-state index is 11.6. The number of nitrogens with one attached hydrogen (secondary N) is 3. The maximum Gasteiger partial charge on any atom is 0.248 e. The van der Waals surface area contributed by atoms with Crippen LogP contribution in [0.1, 0.15) is 30.1 Å². The minimum atomic E-state index is -0.484. The lowest BCUT2D eigenvalue weighted by Gasteiger charge is -2.20. The molecule has 1 aliphatic heterocycles. The first-order valence-electron chi connectivity index (χ1n) is 10.3. The predicted octanol–water partition coefficient (Wildman–Crippen LogP) is 3.31. The zero-order chi connectivity index (χ0) is 20.5. The molecule has 0 aliphatic carbocycles. The van der Waals surface area contributed by atoms with Crippen LogP contribution in [-0.4, -0.2) is 32.1 Å². The first kappa shape index (κ1) is 18.8. The smallest absolute Gasteiger partial charge is 0.248 e. The number of nitrogens with zero attached hydrogens (tertiary/aromatic N) is 1. The van der Waals surface area contributed by atoms with Gasteiger partial charge in [0.15, 0.2) is 5.82 Å². The Labute approximate surface area is 174 Å². The Hall–Kier alpha value is -3.22. The van der Waals surface area contributed by atoms with Gasteiger partial charge in [-0.2, -0.15) is 0 Å². The fourth-order valence-corrected chi connectivity index (χ4v) is 4.32. The summed E-state index contributed by atoms with van der Waals surface area (Å²) in [5.74, 6) is 0.657. The van der Waals surface area contributed by atoms with Crippen molar-refractivity contribution in [1.82, 2.24) is 20.3 Å². The van der Waals surface area contributed by atoms with Crippen molar-refractivity contribution in [3.63, 3.8) is 0 Å². The Balaban J connectivity index is 1.29. The largest absolute Gasteiger partial charge is 0.387 e. The number of benzene rings is 2. The van der Waals surface area contributed by atoms with E-state index in [1.807, 2.05) is 42.5 Å². The summed E-state index contributed by atoms with van der Waals surface area (Å²) >= 11 is 0. The van der Waals surface area contributed by atoms with Gasteiger partial charge in [-0.15, -0.1) is 0 Å². The van der Waals surface area contributed by atoms with Crippen LogP contribution < -0.4 is 10.9 Å². The van der Waals surface area contributed by atoms with Crippen molar-refractivity contribution >= 4 is 11.0 Å². The molecule has 4 aromatic rings. The second-order valence-corrected chi connectivity index (χ2v) is 7.97. The highest BCUT2D eigenvalue weighted by Crippen LogP contribution is 2.27. The van der Waals surface area contributed by atoms with Gasteiger partial charge in [0, 0.05) is 18.2 Å². The number of aliphatic hydroxyl groups excluding tert-OH is 1. The number of hydrogen-bond donors (Lipinski definition) is 4. The van der Waals surface area contributed by atoms with E-state index in [0.29, 0.717) is 17.6 Å². The van der Waals surface area contributed by atoms with Gasteiger partial charge in [-0.25, -0.2) is 4.98 Å². The summed E-state index contributed by atoms with van der Waals surface area (Å²) in [7, 11) is 0. The fraction of sp³-hybridized carbons (Fsp3) is 0.250. The van der Waals surface area contributed by atoms with E-state index in [1.165, 1.54) is 11.6 Å². The van der Waals surface area contributed by atoms with E-state index in [4.69, 9.17) is 0 Å². The van der Waals surface area contributed by atoms with Crippen molar-refractivity contribution < 1.29 is 5.11 Å². The van der Waals surface area contributed by atoms with Gasteiger partial charge in [0.25, 0.3) is 0 Å². The van der Waals surface area contributed by atoms with E-state index >= 15 is 0 Å². The van der Waals surface area contributed by atoms with E-state index in [-0.39, 0.29) is 11.6 Å². The monoisotopic (exact) mass is 400 g/mol. The molecule has 1 saturated heterocycles. The molecule has 0 radical (unpaired) electrons. The van der Waals surface area contributed by atoms with Crippen molar-refractivity contribution in [3.05, 3.63) is 88.2 Å². The van der Waals surface area contributed by atoms with E-state index in [0.717, 1.165) is 35.9 Å².